The van der Waals surface area contributed by atoms with Gasteiger partial charge in [0.2, 0.25) is 5.91 Å². The van der Waals surface area contributed by atoms with Crippen molar-refractivity contribution >= 4 is 21.8 Å². The van der Waals surface area contributed by atoms with E-state index in [-0.39, 0.29) is 5.91 Å². The van der Waals surface area contributed by atoms with E-state index in [2.05, 4.69) is 26.2 Å². The third-order valence-corrected chi connectivity index (χ3v) is 4.97. The highest BCUT2D eigenvalue weighted by Gasteiger charge is 2.08. The lowest BCUT2D eigenvalue weighted by molar-refractivity contribution is -0.121. The van der Waals surface area contributed by atoms with E-state index < -0.39 is 0 Å². The average Bonchev–Trinajstić information content (AvgIpc) is 2.80. The summed E-state index contributed by atoms with van der Waals surface area (Å²) in [6, 6.07) is 17.1. The van der Waals surface area contributed by atoms with Crippen molar-refractivity contribution in [3.63, 3.8) is 0 Å². The number of hydrogen-bond donors (Lipinski definition) is 1. The van der Waals surface area contributed by atoms with Gasteiger partial charge < -0.3 is 19.5 Å². The zero-order valence-electron chi connectivity index (χ0n) is 17.3. The van der Waals surface area contributed by atoms with Crippen LogP contribution in [0.5, 0.6) is 17.2 Å². The Labute approximate surface area is 190 Å². The number of benzene rings is 2. The molecule has 0 aliphatic heterocycles. The molecule has 1 heterocycles. The molecular weight excluding hydrogens is 460 g/mol. The first kappa shape index (κ1) is 22.6. The summed E-state index contributed by atoms with van der Waals surface area (Å²) in [7, 11) is 1.60. The Morgan fingerprint density at radius 1 is 1.00 bits per heavy atom. The summed E-state index contributed by atoms with van der Waals surface area (Å²) >= 11 is 3.41. The van der Waals surface area contributed by atoms with Gasteiger partial charge in [-0.25, -0.2) is 0 Å². The van der Waals surface area contributed by atoms with E-state index in [1.807, 2.05) is 54.6 Å². The fraction of sp³-hybridized carbons (Fsp3) is 0.250. The van der Waals surface area contributed by atoms with E-state index in [0.29, 0.717) is 44.1 Å². The van der Waals surface area contributed by atoms with Crippen LogP contribution in [0.25, 0.3) is 0 Å². The Morgan fingerprint density at radius 3 is 2.61 bits per heavy atom. The van der Waals surface area contributed by atoms with Crippen molar-refractivity contribution < 1.29 is 19.0 Å². The number of nitrogens with one attached hydrogen (secondary N) is 1. The van der Waals surface area contributed by atoms with Gasteiger partial charge in [0.1, 0.15) is 12.4 Å². The van der Waals surface area contributed by atoms with Crippen LogP contribution in [0, 0.1) is 0 Å². The molecule has 162 valence electrons. The second kappa shape index (κ2) is 12.0. The van der Waals surface area contributed by atoms with Crippen LogP contribution in [-0.4, -0.2) is 24.6 Å². The smallest absolute Gasteiger partial charge is 0.220 e. The molecule has 0 saturated heterocycles. The molecule has 0 fully saturated rings. The molecule has 6 nitrogen and oxygen atoms in total. The zero-order valence-corrected chi connectivity index (χ0v) is 18.9. The maximum atomic E-state index is 12.1. The molecule has 7 heteroatoms. The Morgan fingerprint density at radius 2 is 1.84 bits per heavy atom. The topological polar surface area (TPSA) is 69.7 Å². The lowest BCUT2D eigenvalue weighted by Gasteiger charge is -2.13. The molecule has 0 atom stereocenters. The van der Waals surface area contributed by atoms with Crippen molar-refractivity contribution in [1.29, 1.82) is 0 Å². The number of halogens is 1. The number of carbonyl (C=O) groups excluding carboxylic acids is 1. The maximum absolute atomic E-state index is 12.1. The minimum Gasteiger partial charge on any atom is -0.494 e. The molecule has 31 heavy (non-hydrogen) atoms. The van der Waals surface area contributed by atoms with Crippen LogP contribution in [0.3, 0.4) is 0 Å². The second-order valence-corrected chi connectivity index (χ2v) is 7.73. The van der Waals surface area contributed by atoms with Crippen LogP contribution in [0.15, 0.2) is 71.5 Å². The number of pyridine rings is 1. The van der Waals surface area contributed by atoms with Crippen molar-refractivity contribution in [2.24, 2.45) is 0 Å². The number of amides is 1. The molecule has 0 radical (unpaired) electrons. The van der Waals surface area contributed by atoms with E-state index >= 15 is 0 Å². The Balaban J connectivity index is 1.41. The molecule has 0 spiro atoms. The first-order valence-corrected chi connectivity index (χ1v) is 10.8. The highest BCUT2D eigenvalue weighted by Crippen LogP contribution is 2.28. The fourth-order valence-corrected chi connectivity index (χ4v) is 3.23. The minimum absolute atomic E-state index is 0.0187. The van der Waals surface area contributed by atoms with Crippen molar-refractivity contribution in [2.45, 2.75) is 26.0 Å². The number of rotatable bonds is 11. The number of ether oxygens (including phenoxy) is 3. The third kappa shape index (κ3) is 7.61. The van der Waals surface area contributed by atoms with Gasteiger partial charge in [0.25, 0.3) is 0 Å². The number of methoxy groups -OCH3 is 1. The van der Waals surface area contributed by atoms with Crippen LogP contribution in [0.4, 0.5) is 0 Å². The number of carbonyl (C=O) groups is 1. The Bertz CT molecular complexity index is 982. The molecule has 1 N–H and O–H groups in total. The molecule has 2 aromatic carbocycles. The van der Waals surface area contributed by atoms with Gasteiger partial charge in [-0.15, -0.1) is 0 Å². The van der Waals surface area contributed by atoms with Crippen molar-refractivity contribution in [2.75, 3.05) is 13.7 Å². The van der Waals surface area contributed by atoms with Crippen molar-refractivity contribution in [3.8, 4) is 17.2 Å². The predicted molar refractivity (Wildman–Crippen MR) is 122 cm³/mol. The predicted octanol–water partition coefficient (Wildman–Crippen LogP) is 4.91. The molecule has 0 aliphatic rings. The Hall–Kier alpha value is -3.06. The van der Waals surface area contributed by atoms with E-state index in [9.17, 15) is 4.79 Å². The highest BCUT2D eigenvalue weighted by molar-refractivity contribution is 9.10. The molecule has 1 amide bonds. The Kier molecular flexibility index (Phi) is 8.72. The SMILES string of the molecule is COc1cc(CNC(=O)CCCOc2cccc(Br)c2)ccc1OCc1ccncc1. The third-order valence-electron chi connectivity index (χ3n) is 4.47. The molecule has 3 aromatic rings. The van der Waals surface area contributed by atoms with Crippen LogP contribution >= 0.6 is 15.9 Å². The van der Waals surface area contributed by atoms with Crippen molar-refractivity contribution in [1.82, 2.24) is 10.3 Å². The summed E-state index contributed by atoms with van der Waals surface area (Å²) in [6.07, 6.45) is 4.50. The molecule has 0 saturated carbocycles. The maximum Gasteiger partial charge on any atom is 0.220 e. The second-order valence-electron chi connectivity index (χ2n) is 6.82. The van der Waals surface area contributed by atoms with Crippen molar-refractivity contribution in [3.05, 3.63) is 82.6 Å². The van der Waals surface area contributed by atoms with E-state index in [1.54, 1.807) is 19.5 Å². The van der Waals surface area contributed by atoms with Crippen LogP contribution in [0.2, 0.25) is 0 Å². The molecule has 0 aliphatic carbocycles. The summed E-state index contributed by atoms with van der Waals surface area (Å²) in [4.78, 5) is 16.1. The fourth-order valence-electron chi connectivity index (χ4n) is 2.85. The van der Waals surface area contributed by atoms with Gasteiger partial charge in [0, 0.05) is 29.8 Å². The molecule has 0 bridgehead atoms. The van der Waals surface area contributed by atoms with Gasteiger partial charge in [-0.2, -0.15) is 0 Å². The number of aromatic nitrogens is 1. The first-order valence-electron chi connectivity index (χ1n) is 9.98. The molecule has 0 unspecified atom stereocenters. The zero-order chi connectivity index (χ0) is 21.9. The largest absolute Gasteiger partial charge is 0.494 e. The average molecular weight is 485 g/mol. The van der Waals surface area contributed by atoms with Gasteiger partial charge in [0.05, 0.1) is 13.7 Å². The lowest BCUT2D eigenvalue weighted by Crippen LogP contribution is -2.23. The normalized spacial score (nSPS) is 10.4. The van der Waals surface area contributed by atoms with Gasteiger partial charge in [-0.1, -0.05) is 28.1 Å². The molecule has 1 aromatic heterocycles. The summed E-state index contributed by atoms with van der Waals surface area (Å²) in [5.74, 6) is 2.05. The van der Waals surface area contributed by atoms with Gasteiger partial charge in [-0.05, 0) is 60.0 Å². The number of hydrogen-bond acceptors (Lipinski definition) is 5. The van der Waals surface area contributed by atoms with Gasteiger partial charge >= 0.3 is 0 Å². The van der Waals surface area contributed by atoms with Crippen LogP contribution < -0.4 is 19.5 Å². The monoisotopic (exact) mass is 484 g/mol. The van der Waals surface area contributed by atoms with Gasteiger partial charge in [0.15, 0.2) is 11.5 Å². The van der Waals surface area contributed by atoms with Gasteiger partial charge in [-0.3, -0.25) is 9.78 Å². The first-order chi connectivity index (χ1) is 15.1. The summed E-state index contributed by atoms with van der Waals surface area (Å²) in [6.45, 7) is 1.34. The summed E-state index contributed by atoms with van der Waals surface area (Å²) < 4.78 is 17.9. The van der Waals surface area contributed by atoms with E-state index in [0.717, 1.165) is 21.3 Å². The summed E-state index contributed by atoms with van der Waals surface area (Å²) in [5.41, 5.74) is 1.96. The van der Waals surface area contributed by atoms with E-state index in [1.165, 1.54) is 0 Å². The molecular formula is C24H25BrN2O4. The summed E-state index contributed by atoms with van der Waals surface area (Å²) in [5, 5.41) is 2.93. The molecule has 3 rings (SSSR count). The highest BCUT2D eigenvalue weighted by atomic mass is 79.9. The quantitative estimate of drug-likeness (QED) is 0.391. The minimum atomic E-state index is -0.0187. The standard InChI is InChI=1S/C24H25BrN2O4/c1-29-23-14-19(7-8-22(23)31-17-18-9-11-26-12-10-18)16-27-24(28)6-3-13-30-21-5-2-4-20(25)15-21/h2,4-5,7-12,14-15H,3,6,13,16-17H2,1H3,(H,27,28). The van der Waals surface area contributed by atoms with Crippen LogP contribution in [-0.2, 0) is 17.9 Å². The van der Waals surface area contributed by atoms with E-state index in [4.69, 9.17) is 14.2 Å². The van der Waals surface area contributed by atoms with Crippen LogP contribution in [0.1, 0.15) is 24.0 Å². The number of nitrogens with zero attached hydrogens (tertiary/aromatic N) is 1. The lowest BCUT2D eigenvalue weighted by atomic mass is 10.2.